The van der Waals surface area contributed by atoms with Crippen molar-refractivity contribution in [2.75, 3.05) is 24.3 Å². The van der Waals surface area contributed by atoms with Crippen molar-refractivity contribution in [3.05, 3.63) is 70.8 Å². The zero-order chi connectivity index (χ0) is 19.8. The minimum Gasteiger partial charge on any atom is -0.494 e. The predicted octanol–water partition coefficient (Wildman–Crippen LogP) is 3.56. The Morgan fingerprint density at radius 2 is 2.00 bits per heavy atom. The maximum absolute atomic E-state index is 12.5. The van der Waals surface area contributed by atoms with Crippen molar-refractivity contribution in [2.45, 2.75) is 13.5 Å². The summed E-state index contributed by atoms with van der Waals surface area (Å²) in [5.41, 5.74) is 1.90. The van der Waals surface area contributed by atoms with Crippen molar-refractivity contribution in [2.24, 2.45) is 0 Å². The highest BCUT2D eigenvalue weighted by Crippen LogP contribution is 2.19. The highest BCUT2D eigenvalue weighted by molar-refractivity contribution is 8.02. The number of carbonyl (C=O) groups excluding carboxylic acids is 2. The van der Waals surface area contributed by atoms with Crippen LogP contribution in [0.2, 0.25) is 0 Å². The number of para-hydroxylation sites is 1. The number of thioether (sulfide) groups is 1. The maximum atomic E-state index is 12.5. The van der Waals surface area contributed by atoms with Crippen molar-refractivity contribution < 1.29 is 19.1 Å². The fourth-order valence-electron chi connectivity index (χ4n) is 2.64. The van der Waals surface area contributed by atoms with E-state index in [1.807, 2.05) is 31.2 Å². The van der Waals surface area contributed by atoms with Gasteiger partial charge >= 0.3 is 0 Å². The molecule has 0 saturated carbocycles. The third-order valence-electron chi connectivity index (χ3n) is 3.97. The van der Waals surface area contributed by atoms with E-state index in [0.29, 0.717) is 36.8 Å². The third kappa shape index (κ3) is 5.29. The number of anilines is 1. The average molecular weight is 398 g/mol. The molecule has 0 bridgehead atoms. The van der Waals surface area contributed by atoms with Crippen LogP contribution in [0.25, 0.3) is 0 Å². The van der Waals surface area contributed by atoms with E-state index in [0.717, 1.165) is 17.1 Å². The number of ether oxygens (including phenoxy) is 2. The van der Waals surface area contributed by atoms with Crippen LogP contribution in [0.1, 0.15) is 22.8 Å². The second-order valence-electron chi connectivity index (χ2n) is 5.96. The van der Waals surface area contributed by atoms with Crippen LogP contribution in [0.3, 0.4) is 0 Å². The molecule has 1 aliphatic rings. The van der Waals surface area contributed by atoms with Crippen LogP contribution in [-0.4, -0.2) is 30.8 Å². The largest absolute Gasteiger partial charge is 0.494 e. The fourth-order valence-corrected chi connectivity index (χ4v) is 3.27. The summed E-state index contributed by atoms with van der Waals surface area (Å²) in [7, 11) is 0. The molecule has 0 saturated heterocycles. The van der Waals surface area contributed by atoms with Gasteiger partial charge in [0.15, 0.2) is 5.76 Å². The van der Waals surface area contributed by atoms with E-state index in [4.69, 9.17) is 9.47 Å². The second kappa shape index (κ2) is 9.85. The van der Waals surface area contributed by atoms with Crippen LogP contribution in [0.5, 0.6) is 5.75 Å². The molecule has 28 heavy (non-hydrogen) atoms. The molecule has 1 heterocycles. The molecule has 0 radical (unpaired) electrons. The molecule has 0 atom stereocenters. The van der Waals surface area contributed by atoms with E-state index in [2.05, 4.69) is 10.6 Å². The Kier molecular flexibility index (Phi) is 6.97. The Labute approximate surface area is 168 Å². The summed E-state index contributed by atoms with van der Waals surface area (Å²) >= 11 is 1.54. The number of benzene rings is 2. The number of hydrogen-bond donors (Lipinski definition) is 2. The molecule has 1 aliphatic heterocycles. The quantitative estimate of drug-likeness (QED) is 0.746. The molecule has 0 fully saturated rings. The van der Waals surface area contributed by atoms with Gasteiger partial charge in [0.1, 0.15) is 5.75 Å². The molecular formula is C21H22N2O4S. The van der Waals surface area contributed by atoms with E-state index >= 15 is 0 Å². The lowest BCUT2D eigenvalue weighted by atomic mass is 10.1. The van der Waals surface area contributed by atoms with Crippen LogP contribution in [0.4, 0.5) is 5.69 Å². The summed E-state index contributed by atoms with van der Waals surface area (Å²) < 4.78 is 10.9. The zero-order valence-corrected chi connectivity index (χ0v) is 16.4. The molecule has 6 nitrogen and oxygen atoms in total. The molecule has 0 spiro atoms. The first-order valence-electron chi connectivity index (χ1n) is 9.02. The Bertz CT molecular complexity index is 882. The lowest BCUT2D eigenvalue weighted by molar-refractivity contribution is -0.116. The monoisotopic (exact) mass is 398 g/mol. The van der Waals surface area contributed by atoms with Gasteiger partial charge in [0.05, 0.1) is 13.2 Å². The van der Waals surface area contributed by atoms with Crippen LogP contribution >= 0.6 is 11.8 Å². The number of amides is 2. The van der Waals surface area contributed by atoms with Crippen molar-refractivity contribution >= 4 is 29.3 Å². The van der Waals surface area contributed by atoms with E-state index in [-0.39, 0.29) is 11.8 Å². The first-order valence-corrected chi connectivity index (χ1v) is 10.1. The predicted molar refractivity (Wildman–Crippen MR) is 110 cm³/mol. The lowest BCUT2D eigenvalue weighted by Crippen LogP contribution is -2.23. The van der Waals surface area contributed by atoms with Gasteiger partial charge in [-0.1, -0.05) is 24.3 Å². The summed E-state index contributed by atoms with van der Waals surface area (Å²) in [6.45, 7) is 3.34. The van der Waals surface area contributed by atoms with Crippen molar-refractivity contribution in [1.82, 2.24) is 5.32 Å². The molecule has 3 rings (SSSR count). The highest BCUT2D eigenvalue weighted by atomic mass is 32.2. The standard InChI is InChI=1S/C21H22N2O4S/c1-2-26-18-9-4-3-6-16(18)13-22-20(24)15-7-5-8-17(12-15)23-21(25)19-14-28-11-10-27-19/h3-9,12,14H,2,10-11,13H2,1H3,(H,22,24)(H,23,25). The molecular weight excluding hydrogens is 376 g/mol. The van der Waals surface area contributed by atoms with Crippen LogP contribution in [0.15, 0.2) is 59.7 Å². The minimum absolute atomic E-state index is 0.230. The molecule has 2 N–H and O–H groups in total. The Balaban J connectivity index is 1.62. The van der Waals surface area contributed by atoms with Gasteiger partial charge in [-0.25, -0.2) is 0 Å². The zero-order valence-electron chi connectivity index (χ0n) is 15.6. The van der Waals surface area contributed by atoms with Gasteiger partial charge in [-0.3, -0.25) is 9.59 Å². The van der Waals surface area contributed by atoms with Gasteiger partial charge in [0.25, 0.3) is 11.8 Å². The number of hydrogen-bond acceptors (Lipinski definition) is 5. The molecule has 0 aliphatic carbocycles. The molecule has 146 valence electrons. The Hall–Kier alpha value is -2.93. The molecule has 2 aromatic carbocycles. The average Bonchev–Trinajstić information content (AvgIpc) is 2.74. The van der Waals surface area contributed by atoms with Gasteiger partial charge in [0, 0.05) is 34.5 Å². The number of nitrogens with one attached hydrogen (secondary N) is 2. The van der Waals surface area contributed by atoms with Gasteiger partial charge in [0.2, 0.25) is 0 Å². The smallest absolute Gasteiger partial charge is 0.291 e. The molecule has 0 aromatic heterocycles. The first kappa shape index (κ1) is 19.8. The molecule has 2 amide bonds. The van der Waals surface area contributed by atoms with Gasteiger partial charge in [-0.05, 0) is 31.2 Å². The summed E-state index contributed by atoms with van der Waals surface area (Å²) in [6.07, 6.45) is 0. The highest BCUT2D eigenvalue weighted by Gasteiger charge is 2.15. The van der Waals surface area contributed by atoms with Gasteiger partial charge in [-0.2, -0.15) is 0 Å². The van der Waals surface area contributed by atoms with Crippen molar-refractivity contribution in [3.63, 3.8) is 0 Å². The Morgan fingerprint density at radius 1 is 1.14 bits per heavy atom. The minimum atomic E-state index is -0.324. The number of rotatable bonds is 7. The van der Waals surface area contributed by atoms with E-state index in [1.165, 1.54) is 11.8 Å². The second-order valence-corrected chi connectivity index (χ2v) is 6.94. The van der Waals surface area contributed by atoms with Crippen LogP contribution in [-0.2, 0) is 16.1 Å². The maximum Gasteiger partial charge on any atom is 0.291 e. The first-order chi connectivity index (χ1) is 13.7. The molecule has 0 unspecified atom stereocenters. The number of carbonyl (C=O) groups is 2. The lowest BCUT2D eigenvalue weighted by Gasteiger charge is -2.14. The van der Waals surface area contributed by atoms with E-state index in [9.17, 15) is 9.59 Å². The molecule has 7 heteroatoms. The SMILES string of the molecule is CCOc1ccccc1CNC(=O)c1cccc(NC(=O)C2=CSCCO2)c1. The van der Waals surface area contributed by atoms with Gasteiger partial charge < -0.3 is 20.1 Å². The van der Waals surface area contributed by atoms with Crippen molar-refractivity contribution in [3.8, 4) is 5.75 Å². The normalized spacial score (nSPS) is 13.1. The third-order valence-corrected chi connectivity index (χ3v) is 4.75. The Morgan fingerprint density at radius 3 is 2.79 bits per heavy atom. The summed E-state index contributed by atoms with van der Waals surface area (Å²) in [5, 5.41) is 7.35. The van der Waals surface area contributed by atoms with Crippen LogP contribution in [0, 0.1) is 0 Å². The summed E-state index contributed by atoms with van der Waals surface area (Å²) in [5.74, 6) is 1.32. The summed E-state index contributed by atoms with van der Waals surface area (Å²) in [6, 6.07) is 14.4. The summed E-state index contributed by atoms with van der Waals surface area (Å²) in [4.78, 5) is 24.7. The van der Waals surface area contributed by atoms with Crippen molar-refractivity contribution in [1.29, 1.82) is 0 Å². The topological polar surface area (TPSA) is 76.7 Å². The molecule has 2 aromatic rings. The fraction of sp³-hybridized carbons (Fsp3) is 0.238. The van der Waals surface area contributed by atoms with Gasteiger partial charge in [-0.15, -0.1) is 11.8 Å². The van der Waals surface area contributed by atoms with E-state index < -0.39 is 0 Å². The van der Waals surface area contributed by atoms with E-state index in [1.54, 1.807) is 29.7 Å². The van der Waals surface area contributed by atoms with Crippen LogP contribution < -0.4 is 15.4 Å².